The Kier molecular flexibility index (Phi) is 6.18. The van der Waals surface area contributed by atoms with Gasteiger partial charge < -0.3 is 25.0 Å². The summed E-state index contributed by atoms with van der Waals surface area (Å²) in [4.78, 5) is 26.2. The largest absolute Gasteiger partial charge is 0.510 e. The molecule has 2 atom stereocenters. The first kappa shape index (κ1) is 21.5. The zero-order valence-corrected chi connectivity index (χ0v) is 18.1. The highest BCUT2D eigenvalue weighted by atomic mass is 16.5. The molecule has 1 aliphatic heterocycles. The van der Waals surface area contributed by atoms with E-state index < -0.39 is 6.04 Å². The van der Waals surface area contributed by atoms with Gasteiger partial charge in [0, 0.05) is 36.5 Å². The minimum Gasteiger partial charge on any atom is -0.510 e. The molecule has 1 fully saturated rings. The Morgan fingerprint density at radius 3 is 2.88 bits per heavy atom. The Morgan fingerprint density at radius 1 is 1.31 bits per heavy atom. The summed E-state index contributed by atoms with van der Waals surface area (Å²) in [5, 5.41) is 16.1. The highest BCUT2D eigenvalue weighted by Gasteiger charge is 2.21. The smallest absolute Gasteiger partial charge is 0.253 e. The highest BCUT2D eigenvalue weighted by Crippen LogP contribution is 2.20. The lowest BCUT2D eigenvalue weighted by Gasteiger charge is -2.17. The van der Waals surface area contributed by atoms with Crippen LogP contribution in [0.15, 0.2) is 55.2 Å². The third kappa shape index (κ3) is 4.78. The van der Waals surface area contributed by atoms with Crippen LogP contribution in [0.2, 0.25) is 0 Å². The standard InChI is InChI=1S/C23H26N6O3/c1-14-11-24-23(26-18-8-10-32-13-18)28-21(14)29-9-7-17(12-29)22(31)27-20(16(3)30)19-6-4-5-15(2)25-19/h4-7,9,11-12,18,20,30H,3,8,10,13H2,1-2H3,(H,27,31)(H,24,26,28). The number of nitrogens with zero attached hydrogens (tertiary/aromatic N) is 4. The van der Waals surface area contributed by atoms with Gasteiger partial charge in [0.15, 0.2) is 0 Å². The lowest BCUT2D eigenvalue weighted by molar-refractivity contribution is 0.0932. The van der Waals surface area contributed by atoms with Crippen molar-refractivity contribution in [2.45, 2.75) is 32.4 Å². The molecule has 166 valence electrons. The van der Waals surface area contributed by atoms with Crippen molar-refractivity contribution in [2.24, 2.45) is 0 Å². The van der Waals surface area contributed by atoms with Gasteiger partial charge in [-0.25, -0.2) is 4.98 Å². The minimum absolute atomic E-state index is 0.186. The maximum atomic E-state index is 12.9. The zero-order valence-electron chi connectivity index (χ0n) is 18.1. The van der Waals surface area contributed by atoms with E-state index in [-0.39, 0.29) is 17.7 Å². The average molecular weight is 435 g/mol. The van der Waals surface area contributed by atoms with Crippen LogP contribution < -0.4 is 10.6 Å². The van der Waals surface area contributed by atoms with E-state index in [4.69, 9.17) is 4.74 Å². The van der Waals surface area contributed by atoms with Crippen molar-refractivity contribution in [1.29, 1.82) is 0 Å². The van der Waals surface area contributed by atoms with E-state index in [1.54, 1.807) is 35.3 Å². The van der Waals surface area contributed by atoms with Crippen molar-refractivity contribution in [3.8, 4) is 5.82 Å². The van der Waals surface area contributed by atoms with E-state index in [2.05, 4.69) is 32.2 Å². The summed E-state index contributed by atoms with van der Waals surface area (Å²) in [6.45, 7) is 8.70. The zero-order chi connectivity index (χ0) is 22.7. The molecule has 2 unspecified atom stereocenters. The summed E-state index contributed by atoms with van der Waals surface area (Å²) in [7, 11) is 0. The number of nitrogens with one attached hydrogen (secondary N) is 2. The van der Waals surface area contributed by atoms with Gasteiger partial charge in [-0.3, -0.25) is 9.78 Å². The lowest BCUT2D eigenvalue weighted by atomic mass is 10.1. The monoisotopic (exact) mass is 434 g/mol. The number of amides is 1. The number of rotatable bonds is 7. The predicted molar refractivity (Wildman–Crippen MR) is 120 cm³/mol. The summed E-state index contributed by atoms with van der Waals surface area (Å²) in [5.74, 6) is 0.640. The molecule has 4 heterocycles. The SMILES string of the molecule is C=C(O)C(NC(=O)c1ccn(-c2nc(NC3CCOC3)ncc2C)c1)c1cccc(C)n1. The van der Waals surface area contributed by atoms with Crippen molar-refractivity contribution in [1.82, 2.24) is 24.8 Å². The van der Waals surface area contributed by atoms with Gasteiger partial charge >= 0.3 is 0 Å². The number of aromatic nitrogens is 4. The van der Waals surface area contributed by atoms with Crippen LogP contribution in [0.3, 0.4) is 0 Å². The third-order valence-electron chi connectivity index (χ3n) is 5.22. The molecule has 0 aromatic carbocycles. The fraction of sp³-hybridized carbons (Fsp3) is 0.304. The molecule has 1 aliphatic rings. The Balaban J connectivity index is 1.52. The first-order valence-corrected chi connectivity index (χ1v) is 10.4. The van der Waals surface area contributed by atoms with Gasteiger partial charge in [0.05, 0.1) is 23.9 Å². The maximum absolute atomic E-state index is 12.9. The fourth-order valence-electron chi connectivity index (χ4n) is 3.52. The van der Waals surface area contributed by atoms with Crippen LogP contribution in [0.1, 0.15) is 39.8 Å². The second kappa shape index (κ2) is 9.19. The number of carbonyl (C=O) groups excluding carboxylic acids is 1. The first-order chi connectivity index (χ1) is 15.4. The van der Waals surface area contributed by atoms with Crippen molar-refractivity contribution in [2.75, 3.05) is 18.5 Å². The molecule has 0 bridgehead atoms. The number of aliphatic hydroxyl groups excluding tert-OH is 1. The summed E-state index contributed by atoms with van der Waals surface area (Å²) in [6.07, 6.45) is 6.11. The number of ether oxygens (including phenoxy) is 1. The summed E-state index contributed by atoms with van der Waals surface area (Å²) < 4.78 is 7.16. The van der Waals surface area contributed by atoms with Crippen molar-refractivity contribution in [3.05, 3.63) is 77.7 Å². The van der Waals surface area contributed by atoms with Gasteiger partial charge in [-0.1, -0.05) is 12.6 Å². The van der Waals surface area contributed by atoms with Crippen molar-refractivity contribution >= 4 is 11.9 Å². The number of hydrogen-bond acceptors (Lipinski definition) is 7. The van der Waals surface area contributed by atoms with Crippen LogP contribution >= 0.6 is 0 Å². The number of hydrogen-bond donors (Lipinski definition) is 3. The van der Waals surface area contributed by atoms with Gasteiger partial charge in [-0.05, 0) is 38.5 Å². The van der Waals surface area contributed by atoms with Crippen molar-refractivity contribution in [3.63, 3.8) is 0 Å². The average Bonchev–Trinajstić information content (AvgIpc) is 3.45. The minimum atomic E-state index is -0.809. The van der Waals surface area contributed by atoms with Gasteiger partial charge in [0.1, 0.15) is 17.6 Å². The second-order valence-electron chi connectivity index (χ2n) is 7.81. The van der Waals surface area contributed by atoms with E-state index in [0.29, 0.717) is 29.6 Å². The number of carbonyl (C=O) groups is 1. The molecule has 9 heteroatoms. The molecule has 0 radical (unpaired) electrons. The summed E-state index contributed by atoms with van der Waals surface area (Å²) >= 11 is 0. The normalized spacial score (nSPS) is 16.5. The molecule has 3 aromatic heterocycles. The van der Waals surface area contributed by atoms with Gasteiger partial charge in [0.2, 0.25) is 5.95 Å². The van der Waals surface area contributed by atoms with Gasteiger partial charge in [-0.15, -0.1) is 0 Å². The van der Waals surface area contributed by atoms with Crippen LogP contribution in [0.25, 0.3) is 5.82 Å². The third-order valence-corrected chi connectivity index (χ3v) is 5.22. The molecular weight excluding hydrogens is 408 g/mol. The molecule has 1 saturated heterocycles. The van der Waals surface area contributed by atoms with E-state index in [0.717, 1.165) is 24.3 Å². The Hall–Kier alpha value is -3.72. The topological polar surface area (TPSA) is 114 Å². The van der Waals surface area contributed by atoms with Crippen LogP contribution in [-0.2, 0) is 4.74 Å². The second-order valence-corrected chi connectivity index (χ2v) is 7.81. The number of pyridine rings is 1. The number of anilines is 1. The Labute approximate surface area is 186 Å². The molecule has 1 amide bonds. The van der Waals surface area contributed by atoms with Crippen LogP contribution in [-0.4, -0.2) is 49.8 Å². The maximum Gasteiger partial charge on any atom is 0.253 e. The number of aliphatic hydroxyl groups is 1. The van der Waals surface area contributed by atoms with Crippen LogP contribution in [0, 0.1) is 13.8 Å². The Morgan fingerprint density at radius 2 is 2.16 bits per heavy atom. The molecule has 32 heavy (non-hydrogen) atoms. The molecule has 4 rings (SSSR count). The van der Waals surface area contributed by atoms with E-state index in [1.807, 2.05) is 26.0 Å². The summed E-state index contributed by atoms with van der Waals surface area (Å²) in [6, 6.07) is 6.47. The van der Waals surface area contributed by atoms with E-state index >= 15 is 0 Å². The fourth-order valence-corrected chi connectivity index (χ4v) is 3.52. The van der Waals surface area contributed by atoms with Crippen LogP contribution in [0.4, 0.5) is 5.95 Å². The summed E-state index contributed by atoms with van der Waals surface area (Å²) in [5.41, 5.74) is 2.58. The Bertz CT molecular complexity index is 1140. The first-order valence-electron chi connectivity index (χ1n) is 10.4. The number of aryl methyl sites for hydroxylation is 2. The van der Waals surface area contributed by atoms with Crippen molar-refractivity contribution < 1.29 is 14.6 Å². The highest BCUT2D eigenvalue weighted by molar-refractivity contribution is 5.94. The molecule has 3 N–H and O–H groups in total. The molecule has 0 spiro atoms. The predicted octanol–water partition coefficient (Wildman–Crippen LogP) is 3.02. The van der Waals surface area contributed by atoms with Gasteiger partial charge in [-0.2, -0.15) is 4.98 Å². The van der Waals surface area contributed by atoms with Crippen LogP contribution in [0.5, 0.6) is 0 Å². The molecule has 3 aromatic rings. The van der Waals surface area contributed by atoms with E-state index in [1.165, 1.54) is 0 Å². The quantitative estimate of drug-likeness (QED) is 0.490. The molecule has 0 saturated carbocycles. The lowest BCUT2D eigenvalue weighted by Crippen LogP contribution is -2.30. The molecule has 9 nitrogen and oxygen atoms in total. The van der Waals surface area contributed by atoms with Gasteiger partial charge in [0.25, 0.3) is 5.91 Å². The molecule has 0 aliphatic carbocycles. The molecular formula is C23H26N6O3. The van der Waals surface area contributed by atoms with E-state index in [9.17, 15) is 9.90 Å².